The highest BCUT2D eigenvalue weighted by molar-refractivity contribution is 6.08. The van der Waals surface area contributed by atoms with Crippen molar-refractivity contribution in [3.05, 3.63) is 18.2 Å². The quantitative estimate of drug-likeness (QED) is 0.548. The van der Waals surface area contributed by atoms with Crippen LogP contribution >= 0.6 is 0 Å². The fourth-order valence-corrected chi connectivity index (χ4v) is 2.77. The number of esters is 1. The van der Waals surface area contributed by atoms with E-state index in [9.17, 15) is 19.2 Å². The molecule has 28 heavy (non-hydrogen) atoms. The number of hydrogen-bond donors (Lipinski definition) is 2. The summed E-state index contributed by atoms with van der Waals surface area (Å²) in [5, 5.41) is 5.14. The number of carbonyl (C=O) groups excluding carboxylic acids is 4. The van der Waals surface area contributed by atoms with Crippen LogP contribution in [0.25, 0.3) is 0 Å². The molecule has 2 atom stereocenters. The Labute approximate surface area is 161 Å². The van der Waals surface area contributed by atoms with Crippen LogP contribution in [0.5, 0.6) is 11.5 Å². The molecule has 0 aromatic heterocycles. The average Bonchev–Trinajstić information content (AvgIpc) is 3.20. The van der Waals surface area contributed by atoms with Gasteiger partial charge in [-0.1, -0.05) is 6.92 Å². The molecule has 4 amide bonds. The van der Waals surface area contributed by atoms with Crippen molar-refractivity contribution in [2.24, 2.45) is 0 Å². The predicted molar refractivity (Wildman–Crippen MR) is 95.7 cm³/mol. The van der Waals surface area contributed by atoms with Crippen LogP contribution in [0.3, 0.4) is 0 Å². The second-order valence-corrected chi connectivity index (χ2v) is 6.70. The lowest BCUT2D eigenvalue weighted by Crippen LogP contribution is -2.44. The summed E-state index contributed by atoms with van der Waals surface area (Å²) >= 11 is 0. The Hall–Kier alpha value is -3.30. The molecule has 150 valence electrons. The normalized spacial score (nSPS) is 21.3. The van der Waals surface area contributed by atoms with Crippen LogP contribution in [0.1, 0.15) is 27.2 Å². The largest absolute Gasteiger partial charge is 0.454 e. The molecular formula is C18H21N3O7. The number of amides is 4. The highest BCUT2D eigenvalue weighted by Gasteiger charge is 2.47. The molecule has 1 fully saturated rings. The van der Waals surface area contributed by atoms with E-state index in [-0.39, 0.29) is 6.79 Å². The Balaban J connectivity index is 1.54. The minimum atomic E-state index is -1.13. The van der Waals surface area contributed by atoms with Crippen molar-refractivity contribution in [1.82, 2.24) is 10.2 Å². The highest BCUT2D eigenvalue weighted by Crippen LogP contribution is 2.34. The zero-order valence-corrected chi connectivity index (χ0v) is 15.7. The van der Waals surface area contributed by atoms with Gasteiger partial charge in [0, 0.05) is 11.8 Å². The van der Waals surface area contributed by atoms with Crippen LogP contribution < -0.4 is 20.1 Å². The van der Waals surface area contributed by atoms with E-state index in [1.165, 1.54) is 6.92 Å². The first-order chi connectivity index (χ1) is 13.2. The molecule has 1 aromatic rings. The molecule has 3 rings (SSSR count). The third-order valence-corrected chi connectivity index (χ3v) is 4.66. The number of benzene rings is 1. The Morgan fingerprint density at radius 3 is 2.71 bits per heavy atom. The fraction of sp³-hybridized carbons (Fsp3) is 0.444. The van der Waals surface area contributed by atoms with Crippen molar-refractivity contribution in [2.75, 3.05) is 18.7 Å². The number of hydrogen-bond acceptors (Lipinski definition) is 7. The van der Waals surface area contributed by atoms with E-state index in [4.69, 9.17) is 14.2 Å². The first-order valence-corrected chi connectivity index (χ1v) is 8.77. The Kier molecular flexibility index (Phi) is 5.12. The number of urea groups is 1. The van der Waals surface area contributed by atoms with E-state index in [0.717, 1.165) is 4.90 Å². The van der Waals surface area contributed by atoms with Gasteiger partial charge in [-0.25, -0.2) is 4.79 Å². The number of nitrogens with zero attached hydrogens (tertiary/aromatic N) is 1. The maximum Gasteiger partial charge on any atom is 0.327 e. The lowest BCUT2D eigenvalue weighted by molar-refractivity contribution is -0.155. The number of nitrogens with one attached hydrogen (secondary N) is 2. The first-order valence-electron chi connectivity index (χ1n) is 8.77. The monoisotopic (exact) mass is 391 g/mol. The topological polar surface area (TPSA) is 123 Å². The summed E-state index contributed by atoms with van der Waals surface area (Å²) in [6.45, 7) is 4.27. The van der Waals surface area contributed by atoms with Crippen molar-refractivity contribution in [3.8, 4) is 11.5 Å². The second kappa shape index (κ2) is 7.37. The zero-order valence-electron chi connectivity index (χ0n) is 15.7. The van der Waals surface area contributed by atoms with Gasteiger partial charge in [-0.15, -0.1) is 0 Å². The van der Waals surface area contributed by atoms with Gasteiger partial charge in [0.25, 0.3) is 11.8 Å². The van der Waals surface area contributed by atoms with Crippen molar-refractivity contribution < 1.29 is 33.4 Å². The van der Waals surface area contributed by atoms with Crippen LogP contribution in [-0.4, -0.2) is 53.7 Å². The minimum absolute atomic E-state index is 0.112. The second-order valence-electron chi connectivity index (χ2n) is 6.70. The van der Waals surface area contributed by atoms with Gasteiger partial charge in [-0.3, -0.25) is 19.3 Å². The average molecular weight is 391 g/mol. The van der Waals surface area contributed by atoms with Crippen molar-refractivity contribution in [1.29, 1.82) is 0 Å². The molecule has 0 unspecified atom stereocenters. The van der Waals surface area contributed by atoms with Gasteiger partial charge in [0.2, 0.25) is 6.79 Å². The van der Waals surface area contributed by atoms with E-state index in [0.29, 0.717) is 23.6 Å². The molecule has 2 aliphatic heterocycles. The van der Waals surface area contributed by atoms with Crippen molar-refractivity contribution in [3.63, 3.8) is 0 Å². The Bertz CT molecular complexity index is 840. The van der Waals surface area contributed by atoms with Gasteiger partial charge in [-0.2, -0.15) is 0 Å². The number of ether oxygens (including phenoxy) is 3. The van der Waals surface area contributed by atoms with E-state index >= 15 is 0 Å². The van der Waals surface area contributed by atoms with E-state index in [1.807, 2.05) is 0 Å². The molecule has 0 bridgehead atoms. The molecule has 10 heteroatoms. The van der Waals surface area contributed by atoms with E-state index < -0.39 is 42.0 Å². The summed E-state index contributed by atoms with van der Waals surface area (Å²) in [7, 11) is 0. The van der Waals surface area contributed by atoms with Crippen LogP contribution in [0.4, 0.5) is 10.5 Å². The molecule has 10 nitrogen and oxygen atoms in total. The lowest BCUT2D eigenvalue weighted by atomic mass is 9.99. The van der Waals surface area contributed by atoms with Gasteiger partial charge in [0.15, 0.2) is 17.6 Å². The third-order valence-electron chi connectivity index (χ3n) is 4.66. The number of rotatable bonds is 6. The number of carbonyl (C=O) groups is 4. The van der Waals surface area contributed by atoms with Crippen LogP contribution in [0.2, 0.25) is 0 Å². The SMILES string of the molecule is CC[C@]1(C)NC(=O)N(CC(=O)O[C@@H](C)C(=O)Nc2ccc3c(c2)OCO3)C1=O. The summed E-state index contributed by atoms with van der Waals surface area (Å²) in [4.78, 5) is 49.4. The third kappa shape index (κ3) is 3.71. The molecule has 0 aliphatic carbocycles. The molecular weight excluding hydrogens is 370 g/mol. The van der Waals surface area contributed by atoms with Crippen LogP contribution in [0, 0.1) is 0 Å². The first kappa shape index (κ1) is 19.5. The number of fused-ring (bicyclic) bond motifs is 1. The van der Waals surface area contributed by atoms with Crippen molar-refractivity contribution in [2.45, 2.75) is 38.8 Å². The van der Waals surface area contributed by atoms with Gasteiger partial charge in [-0.05, 0) is 32.4 Å². The van der Waals surface area contributed by atoms with E-state index in [2.05, 4.69) is 10.6 Å². The maximum atomic E-state index is 12.3. The summed E-state index contributed by atoms with van der Waals surface area (Å²) in [6, 6.07) is 4.20. The maximum absolute atomic E-state index is 12.3. The summed E-state index contributed by atoms with van der Waals surface area (Å²) < 4.78 is 15.5. The number of imide groups is 1. The predicted octanol–water partition coefficient (Wildman–Crippen LogP) is 1.01. The summed E-state index contributed by atoms with van der Waals surface area (Å²) in [6.07, 6.45) is -0.742. The van der Waals surface area contributed by atoms with E-state index in [1.54, 1.807) is 32.0 Å². The van der Waals surface area contributed by atoms with Gasteiger partial charge in [0.1, 0.15) is 12.1 Å². The Morgan fingerprint density at radius 1 is 1.32 bits per heavy atom. The van der Waals surface area contributed by atoms with Crippen LogP contribution in [-0.2, 0) is 19.1 Å². The molecule has 0 spiro atoms. The minimum Gasteiger partial charge on any atom is -0.454 e. The highest BCUT2D eigenvalue weighted by atomic mass is 16.7. The molecule has 1 saturated heterocycles. The molecule has 0 radical (unpaired) electrons. The lowest BCUT2D eigenvalue weighted by Gasteiger charge is -2.19. The number of anilines is 1. The molecule has 2 heterocycles. The zero-order chi connectivity index (χ0) is 20.5. The summed E-state index contributed by atoms with van der Waals surface area (Å²) in [5.74, 6) is -0.862. The molecule has 1 aromatic carbocycles. The Morgan fingerprint density at radius 2 is 2.04 bits per heavy atom. The standard InChI is InChI=1S/C18H21N3O7/c1-4-18(3)16(24)21(17(25)20-18)8-14(22)28-10(2)15(23)19-11-5-6-12-13(7-11)27-9-26-12/h5-7,10H,4,8-9H2,1-3H3,(H,19,23)(H,20,25)/t10-,18-/m0/s1. The molecule has 0 saturated carbocycles. The van der Waals surface area contributed by atoms with Gasteiger partial charge < -0.3 is 24.8 Å². The van der Waals surface area contributed by atoms with Crippen LogP contribution in [0.15, 0.2) is 18.2 Å². The van der Waals surface area contributed by atoms with Crippen molar-refractivity contribution >= 4 is 29.5 Å². The van der Waals surface area contributed by atoms with Gasteiger partial charge in [0.05, 0.1) is 0 Å². The molecule has 2 N–H and O–H groups in total. The summed E-state index contributed by atoms with van der Waals surface area (Å²) in [5.41, 5.74) is -0.593. The fourth-order valence-electron chi connectivity index (χ4n) is 2.77. The smallest absolute Gasteiger partial charge is 0.327 e. The van der Waals surface area contributed by atoms with Gasteiger partial charge >= 0.3 is 12.0 Å². The molecule has 2 aliphatic rings.